The maximum atomic E-state index is 11.8. The zero-order valence-corrected chi connectivity index (χ0v) is 14.0. The van der Waals surface area contributed by atoms with E-state index in [2.05, 4.69) is 0 Å². The van der Waals surface area contributed by atoms with E-state index in [0.717, 1.165) is 45.9 Å². The fourth-order valence-electron chi connectivity index (χ4n) is 3.23. The number of quaternary nitrogens is 1. The first-order valence-electron chi connectivity index (χ1n) is 7.88. The zero-order chi connectivity index (χ0) is 16.7. The molecule has 1 atom stereocenters. The molecular formula is C19H17ClNO3+. The van der Waals surface area contributed by atoms with Gasteiger partial charge in [-0.1, -0.05) is 29.8 Å². The highest BCUT2D eigenvalue weighted by atomic mass is 35.5. The van der Waals surface area contributed by atoms with E-state index in [1.54, 1.807) is 0 Å². The van der Waals surface area contributed by atoms with Crippen LogP contribution in [0.5, 0.6) is 5.75 Å². The van der Waals surface area contributed by atoms with Crippen LogP contribution in [-0.2, 0) is 13.1 Å². The third-order valence-electron chi connectivity index (χ3n) is 4.44. The molecule has 0 amide bonds. The molecule has 3 aromatic rings. The number of benzene rings is 2. The molecule has 5 heteroatoms. The fourth-order valence-corrected chi connectivity index (χ4v) is 3.43. The van der Waals surface area contributed by atoms with Crippen LogP contribution in [0.15, 0.2) is 51.7 Å². The third-order valence-corrected chi connectivity index (χ3v) is 4.80. The Kier molecular flexibility index (Phi) is 3.79. The van der Waals surface area contributed by atoms with Gasteiger partial charge < -0.3 is 9.15 Å². The number of fused-ring (bicyclic) bond motifs is 3. The lowest BCUT2D eigenvalue weighted by atomic mass is 10.0. The number of rotatable bonds is 2. The Morgan fingerprint density at radius 2 is 2.04 bits per heavy atom. The molecule has 1 N–H and O–H groups in total. The van der Waals surface area contributed by atoms with E-state index in [0.29, 0.717) is 12.3 Å². The Morgan fingerprint density at radius 1 is 1.21 bits per heavy atom. The minimum absolute atomic E-state index is 0.327. The molecule has 4 nitrogen and oxygen atoms in total. The molecule has 24 heavy (non-hydrogen) atoms. The van der Waals surface area contributed by atoms with Gasteiger partial charge in [0.25, 0.3) is 0 Å². The topological polar surface area (TPSA) is 43.9 Å². The highest BCUT2D eigenvalue weighted by molar-refractivity contribution is 6.31. The minimum atomic E-state index is -0.327. The quantitative estimate of drug-likeness (QED) is 0.728. The number of hydrogen-bond acceptors (Lipinski definition) is 3. The van der Waals surface area contributed by atoms with Crippen LogP contribution in [-0.4, -0.2) is 6.73 Å². The third kappa shape index (κ3) is 2.68. The molecule has 1 unspecified atom stereocenters. The van der Waals surface area contributed by atoms with Gasteiger partial charge in [-0.2, -0.15) is 0 Å². The van der Waals surface area contributed by atoms with Gasteiger partial charge in [-0.3, -0.25) is 4.90 Å². The predicted molar refractivity (Wildman–Crippen MR) is 92.5 cm³/mol. The van der Waals surface area contributed by atoms with Gasteiger partial charge in [-0.25, -0.2) is 4.79 Å². The Morgan fingerprint density at radius 3 is 2.88 bits per heavy atom. The Bertz CT molecular complexity index is 980. The van der Waals surface area contributed by atoms with Gasteiger partial charge in [0.05, 0.1) is 5.56 Å². The molecule has 0 saturated carbocycles. The maximum Gasteiger partial charge on any atom is 0.336 e. The number of aryl methyl sites for hydroxylation is 1. The fraction of sp³-hybridized carbons (Fsp3) is 0.211. The van der Waals surface area contributed by atoms with Crippen LogP contribution < -0.4 is 15.3 Å². The summed E-state index contributed by atoms with van der Waals surface area (Å²) < 4.78 is 11.4. The van der Waals surface area contributed by atoms with E-state index < -0.39 is 0 Å². The van der Waals surface area contributed by atoms with E-state index in [1.807, 2.05) is 43.3 Å². The molecule has 2 aromatic carbocycles. The van der Waals surface area contributed by atoms with Gasteiger partial charge in [0.1, 0.15) is 18.8 Å². The molecular weight excluding hydrogens is 326 g/mol. The summed E-state index contributed by atoms with van der Waals surface area (Å²) in [6.45, 7) is 3.96. The van der Waals surface area contributed by atoms with Crippen LogP contribution in [0, 0.1) is 6.92 Å². The summed E-state index contributed by atoms with van der Waals surface area (Å²) in [6.07, 6.45) is 0. The van der Waals surface area contributed by atoms with Gasteiger partial charge >= 0.3 is 5.63 Å². The average molecular weight is 343 g/mol. The number of nitrogens with one attached hydrogen (secondary N) is 1. The van der Waals surface area contributed by atoms with E-state index in [9.17, 15) is 4.79 Å². The summed E-state index contributed by atoms with van der Waals surface area (Å²) in [5.74, 6) is 0.791. The van der Waals surface area contributed by atoms with Gasteiger partial charge in [0.2, 0.25) is 6.73 Å². The second-order valence-corrected chi connectivity index (χ2v) is 6.56. The predicted octanol–water partition coefficient (Wildman–Crippen LogP) is 2.69. The molecule has 1 aromatic heterocycles. The van der Waals surface area contributed by atoms with Crippen molar-refractivity contribution >= 4 is 22.6 Å². The van der Waals surface area contributed by atoms with Crippen molar-refractivity contribution < 1.29 is 14.1 Å². The van der Waals surface area contributed by atoms with Crippen LogP contribution >= 0.6 is 11.6 Å². The van der Waals surface area contributed by atoms with Crippen molar-refractivity contribution in [3.63, 3.8) is 0 Å². The van der Waals surface area contributed by atoms with Crippen molar-refractivity contribution in [3.05, 3.63) is 74.6 Å². The molecule has 1 aliphatic heterocycles. The van der Waals surface area contributed by atoms with Crippen molar-refractivity contribution in [2.45, 2.75) is 20.0 Å². The number of hydrogen-bond donors (Lipinski definition) is 1. The van der Waals surface area contributed by atoms with Crippen molar-refractivity contribution in [1.82, 2.24) is 0 Å². The van der Waals surface area contributed by atoms with Crippen LogP contribution in [0.25, 0.3) is 11.0 Å². The minimum Gasteiger partial charge on any atom is -0.445 e. The smallest absolute Gasteiger partial charge is 0.336 e. The Hall–Kier alpha value is -2.30. The lowest BCUT2D eigenvalue weighted by Gasteiger charge is -2.26. The lowest BCUT2D eigenvalue weighted by molar-refractivity contribution is -0.945. The first kappa shape index (κ1) is 15.2. The van der Waals surface area contributed by atoms with Gasteiger partial charge in [0.15, 0.2) is 5.58 Å². The second-order valence-electron chi connectivity index (χ2n) is 6.15. The highest BCUT2D eigenvalue weighted by Crippen LogP contribution is 2.29. The van der Waals surface area contributed by atoms with Gasteiger partial charge in [0, 0.05) is 22.0 Å². The van der Waals surface area contributed by atoms with Crippen molar-refractivity contribution in [1.29, 1.82) is 0 Å². The maximum absolute atomic E-state index is 11.8. The normalized spacial score (nSPS) is 16.7. The Labute approximate surface area is 144 Å². The number of halogens is 1. The lowest BCUT2D eigenvalue weighted by Crippen LogP contribution is -3.10. The number of ether oxygens (including phenoxy) is 1. The SMILES string of the molecule is Cc1cc(=O)oc2c3c(ccc12)OC[NH+](Cc1ccccc1Cl)C3. The molecule has 1 aliphatic rings. The Balaban J connectivity index is 1.72. The van der Waals surface area contributed by atoms with Crippen LogP contribution in [0.2, 0.25) is 5.02 Å². The van der Waals surface area contributed by atoms with Crippen LogP contribution in [0.3, 0.4) is 0 Å². The molecule has 0 radical (unpaired) electrons. The molecule has 2 heterocycles. The highest BCUT2D eigenvalue weighted by Gasteiger charge is 2.25. The summed E-state index contributed by atoms with van der Waals surface area (Å²) in [4.78, 5) is 13.0. The average Bonchev–Trinajstić information content (AvgIpc) is 2.57. The molecule has 4 rings (SSSR count). The molecule has 122 valence electrons. The molecule has 0 fully saturated rings. The second kappa shape index (κ2) is 5.96. The van der Waals surface area contributed by atoms with E-state index >= 15 is 0 Å². The summed E-state index contributed by atoms with van der Waals surface area (Å²) in [7, 11) is 0. The molecule has 0 aliphatic carbocycles. The summed E-state index contributed by atoms with van der Waals surface area (Å²) in [5.41, 5.74) is 3.25. The molecule has 0 saturated heterocycles. The van der Waals surface area contributed by atoms with E-state index in [1.165, 1.54) is 11.0 Å². The monoisotopic (exact) mass is 342 g/mol. The van der Waals surface area contributed by atoms with Gasteiger partial charge in [-0.15, -0.1) is 0 Å². The summed E-state index contributed by atoms with van der Waals surface area (Å²) >= 11 is 6.27. The van der Waals surface area contributed by atoms with Crippen molar-refractivity contribution in [2.24, 2.45) is 0 Å². The summed E-state index contributed by atoms with van der Waals surface area (Å²) in [5, 5.41) is 1.71. The largest absolute Gasteiger partial charge is 0.445 e. The molecule has 0 spiro atoms. The van der Waals surface area contributed by atoms with E-state index in [4.69, 9.17) is 20.8 Å². The standard InChI is InChI=1S/C19H16ClNO3/c1-12-8-18(22)24-19-14(12)6-7-17-15(19)10-21(11-23-17)9-13-4-2-3-5-16(13)20/h2-8H,9-11H2,1H3/p+1. The van der Waals surface area contributed by atoms with Crippen LogP contribution in [0.1, 0.15) is 16.7 Å². The summed E-state index contributed by atoms with van der Waals surface area (Å²) in [6, 6.07) is 13.3. The van der Waals surface area contributed by atoms with Gasteiger partial charge in [-0.05, 0) is 30.7 Å². The zero-order valence-electron chi connectivity index (χ0n) is 13.3. The van der Waals surface area contributed by atoms with Crippen molar-refractivity contribution in [2.75, 3.05) is 6.73 Å². The first-order chi connectivity index (χ1) is 11.6. The van der Waals surface area contributed by atoms with Crippen molar-refractivity contribution in [3.8, 4) is 5.75 Å². The van der Waals surface area contributed by atoms with E-state index in [-0.39, 0.29) is 5.63 Å². The molecule has 0 bridgehead atoms. The van der Waals surface area contributed by atoms with Crippen LogP contribution in [0.4, 0.5) is 0 Å². The first-order valence-corrected chi connectivity index (χ1v) is 8.26.